The Labute approximate surface area is 119 Å². The summed E-state index contributed by atoms with van der Waals surface area (Å²) in [6.07, 6.45) is -1.01. The molecule has 0 bridgehead atoms. The van der Waals surface area contributed by atoms with E-state index in [1.54, 1.807) is 0 Å². The quantitative estimate of drug-likeness (QED) is 0.910. The SMILES string of the molecule is N#CC1(C(=O)Nc2ccc3c(c2)OC(F)(F)O3)CCCC1. The normalized spacial score (nSPS) is 20.8. The fourth-order valence-corrected chi connectivity index (χ4v) is 2.65. The number of amides is 1. The van der Waals surface area contributed by atoms with Crippen LogP contribution in [0.4, 0.5) is 14.5 Å². The summed E-state index contributed by atoms with van der Waals surface area (Å²) in [6.45, 7) is 0. The Bertz CT molecular complexity index is 634. The molecule has 0 aromatic heterocycles. The number of hydrogen-bond acceptors (Lipinski definition) is 4. The first kappa shape index (κ1) is 13.6. The van der Waals surface area contributed by atoms with E-state index in [0.29, 0.717) is 18.5 Å². The van der Waals surface area contributed by atoms with Crippen LogP contribution < -0.4 is 14.8 Å². The van der Waals surface area contributed by atoms with Crippen molar-refractivity contribution in [1.29, 1.82) is 5.26 Å². The summed E-state index contributed by atoms with van der Waals surface area (Å²) in [7, 11) is 0. The third-order valence-electron chi connectivity index (χ3n) is 3.76. The van der Waals surface area contributed by atoms with Crippen LogP contribution in [0.15, 0.2) is 18.2 Å². The molecule has 0 radical (unpaired) electrons. The van der Waals surface area contributed by atoms with Crippen molar-refractivity contribution in [3.63, 3.8) is 0 Å². The number of nitrogens with zero attached hydrogens (tertiary/aromatic N) is 1. The van der Waals surface area contributed by atoms with Gasteiger partial charge < -0.3 is 14.8 Å². The van der Waals surface area contributed by atoms with E-state index in [9.17, 15) is 18.8 Å². The number of nitrogens with one attached hydrogen (secondary N) is 1. The van der Waals surface area contributed by atoms with Crippen molar-refractivity contribution in [2.45, 2.75) is 32.0 Å². The highest BCUT2D eigenvalue weighted by Crippen LogP contribution is 2.43. The molecule has 110 valence electrons. The topological polar surface area (TPSA) is 71.4 Å². The number of carbonyl (C=O) groups is 1. The van der Waals surface area contributed by atoms with Crippen LogP contribution in [0.5, 0.6) is 11.5 Å². The molecule has 0 spiro atoms. The van der Waals surface area contributed by atoms with Gasteiger partial charge in [-0.1, -0.05) is 12.8 Å². The maximum atomic E-state index is 12.9. The molecular weight excluding hydrogens is 282 g/mol. The molecule has 1 amide bonds. The standard InChI is InChI=1S/C14H12F2N2O3/c15-14(16)20-10-4-3-9(7-11(10)21-14)18-12(19)13(8-17)5-1-2-6-13/h3-4,7H,1-2,5-6H2,(H,18,19). The first-order chi connectivity index (χ1) is 9.94. The third kappa shape index (κ3) is 2.37. The van der Waals surface area contributed by atoms with Gasteiger partial charge in [0, 0.05) is 11.8 Å². The van der Waals surface area contributed by atoms with Crippen LogP contribution in [0.2, 0.25) is 0 Å². The highest BCUT2D eigenvalue weighted by molar-refractivity contribution is 5.97. The lowest BCUT2D eigenvalue weighted by molar-refractivity contribution is -0.286. The summed E-state index contributed by atoms with van der Waals surface area (Å²) in [5, 5.41) is 11.8. The second kappa shape index (κ2) is 4.58. The molecule has 1 aliphatic heterocycles. The average Bonchev–Trinajstić information content (AvgIpc) is 3.01. The molecule has 0 saturated heterocycles. The lowest BCUT2D eigenvalue weighted by atomic mass is 9.87. The average molecular weight is 294 g/mol. The highest BCUT2D eigenvalue weighted by atomic mass is 19.3. The Morgan fingerprint density at radius 2 is 1.90 bits per heavy atom. The molecule has 5 nitrogen and oxygen atoms in total. The minimum absolute atomic E-state index is 0.0890. The number of fused-ring (bicyclic) bond motifs is 1. The first-order valence-electron chi connectivity index (χ1n) is 6.57. The van der Waals surface area contributed by atoms with E-state index in [-0.39, 0.29) is 11.5 Å². The Morgan fingerprint density at radius 1 is 1.24 bits per heavy atom. The van der Waals surface area contributed by atoms with Crippen LogP contribution in [-0.4, -0.2) is 12.2 Å². The van der Waals surface area contributed by atoms with Crippen LogP contribution in [0, 0.1) is 16.7 Å². The number of nitriles is 1. The van der Waals surface area contributed by atoms with E-state index in [2.05, 4.69) is 20.9 Å². The number of benzene rings is 1. The maximum absolute atomic E-state index is 12.9. The van der Waals surface area contributed by atoms with Crippen molar-refractivity contribution in [1.82, 2.24) is 0 Å². The minimum atomic E-state index is -3.69. The molecule has 7 heteroatoms. The van der Waals surface area contributed by atoms with Crippen molar-refractivity contribution in [3.8, 4) is 17.6 Å². The second-order valence-electron chi connectivity index (χ2n) is 5.18. The monoisotopic (exact) mass is 294 g/mol. The zero-order valence-corrected chi connectivity index (χ0v) is 11.0. The predicted molar refractivity (Wildman–Crippen MR) is 67.8 cm³/mol. The van der Waals surface area contributed by atoms with E-state index >= 15 is 0 Å². The van der Waals surface area contributed by atoms with E-state index in [1.165, 1.54) is 18.2 Å². The van der Waals surface area contributed by atoms with Crippen molar-refractivity contribution in [2.24, 2.45) is 5.41 Å². The molecule has 1 aromatic carbocycles. The molecule has 1 saturated carbocycles. The predicted octanol–water partition coefficient (Wildman–Crippen LogP) is 3.03. The minimum Gasteiger partial charge on any atom is -0.395 e. The lowest BCUT2D eigenvalue weighted by Gasteiger charge is -2.19. The molecule has 3 rings (SSSR count). The summed E-state index contributed by atoms with van der Waals surface area (Å²) < 4.78 is 34.4. The number of carbonyl (C=O) groups excluding carboxylic acids is 1. The van der Waals surface area contributed by atoms with E-state index in [1.807, 2.05) is 0 Å². The Hall–Kier alpha value is -2.36. The fraction of sp³-hybridized carbons (Fsp3) is 0.429. The number of halogens is 2. The Morgan fingerprint density at radius 3 is 2.57 bits per heavy atom. The third-order valence-corrected chi connectivity index (χ3v) is 3.76. The number of hydrogen-bond donors (Lipinski definition) is 1. The maximum Gasteiger partial charge on any atom is 0.586 e. The van der Waals surface area contributed by atoms with Gasteiger partial charge in [0.2, 0.25) is 5.91 Å². The molecule has 0 unspecified atom stereocenters. The van der Waals surface area contributed by atoms with Gasteiger partial charge in [0.15, 0.2) is 11.5 Å². The summed E-state index contributed by atoms with van der Waals surface area (Å²) in [4.78, 5) is 12.2. The van der Waals surface area contributed by atoms with Gasteiger partial charge in [0.1, 0.15) is 5.41 Å². The Balaban J connectivity index is 1.78. The van der Waals surface area contributed by atoms with E-state index < -0.39 is 17.6 Å². The summed E-state index contributed by atoms with van der Waals surface area (Å²) >= 11 is 0. The fourth-order valence-electron chi connectivity index (χ4n) is 2.65. The largest absolute Gasteiger partial charge is 0.586 e. The van der Waals surface area contributed by atoms with Crippen molar-refractivity contribution in [3.05, 3.63) is 18.2 Å². The van der Waals surface area contributed by atoms with Crippen LogP contribution >= 0.6 is 0 Å². The van der Waals surface area contributed by atoms with Crippen LogP contribution in [-0.2, 0) is 4.79 Å². The number of rotatable bonds is 2. The van der Waals surface area contributed by atoms with Gasteiger partial charge in [-0.05, 0) is 25.0 Å². The summed E-state index contributed by atoms with van der Waals surface area (Å²) in [5.41, 5.74) is -0.734. The van der Waals surface area contributed by atoms with Crippen LogP contribution in [0.3, 0.4) is 0 Å². The molecule has 1 aromatic rings. The highest BCUT2D eigenvalue weighted by Gasteiger charge is 2.44. The van der Waals surface area contributed by atoms with Gasteiger partial charge in [-0.25, -0.2) is 0 Å². The van der Waals surface area contributed by atoms with Gasteiger partial charge >= 0.3 is 6.29 Å². The van der Waals surface area contributed by atoms with Crippen LogP contribution in [0.1, 0.15) is 25.7 Å². The number of anilines is 1. The molecule has 1 N–H and O–H groups in total. The van der Waals surface area contributed by atoms with Gasteiger partial charge in [0.25, 0.3) is 0 Å². The zero-order chi connectivity index (χ0) is 15.1. The van der Waals surface area contributed by atoms with Gasteiger partial charge in [-0.2, -0.15) is 5.26 Å². The van der Waals surface area contributed by atoms with Crippen LogP contribution in [0.25, 0.3) is 0 Å². The summed E-state index contributed by atoms with van der Waals surface area (Å²) in [5.74, 6) is -0.641. The molecular formula is C14H12F2N2O3. The van der Waals surface area contributed by atoms with Gasteiger partial charge in [0.05, 0.1) is 6.07 Å². The van der Waals surface area contributed by atoms with E-state index in [4.69, 9.17) is 0 Å². The summed E-state index contributed by atoms with van der Waals surface area (Å²) in [6, 6.07) is 6.06. The van der Waals surface area contributed by atoms with Gasteiger partial charge in [-0.3, -0.25) is 4.79 Å². The molecule has 2 aliphatic rings. The number of ether oxygens (including phenoxy) is 2. The lowest BCUT2D eigenvalue weighted by Crippen LogP contribution is -2.32. The van der Waals surface area contributed by atoms with Crippen molar-refractivity contribution >= 4 is 11.6 Å². The van der Waals surface area contributed by atoms with E-state index in [0.717, 1.165) is 12.8 Å². The Kier molecular flexibility index (Phi) is 2.97. The smallest absolute Gasteiger partial charge is 0.395 e. The molecule has 21 heavy (non-hydrogen) atoms. The second-order valence-corrected chi connectivity index (χ2v) is 5.18. The van der Waals surface area contributed by atoms with Crippen molar-refractivity contribution < 1.29 is 23.0 Å². The first-order valence-corrected chi connectivity index (χ1v) is 6.57. The molecule has 1 heterocycles. The zero-order valence-electron chi connectivity index (χ0n) is 11.0. The molecule has 1 fully saturated rings. The van der Waals surface area contributed by atoms with Crippen molar-refractivity contribution in [2.75, 3.05) is 5.32 Å². The number of alkyl halides is 2. The molecule has 0 atom stereocenters. The molecule has 1 aliphatic carbocycles. The van der Waals surface area contributed by atoms with Gasteiger partial charge in [-0.15, -0.1) is 8.78 Å².